The number of rotatable bonds is 3. The standard InChI is InChI=1S/C34H52O9/c1-17-14-34(43-30(17,5)6)33(9,38)29-25(42-34)13-23-22-11-10-21-12-24(39-18(2)35)26(40-19(3)36)15-31(21,7)28(22)27(41-20(4)37)16-32(23,29)8/h17,21-29,38H,10-16H2,1-9H3/t17-,21?,22?,23?,24-,25-,26+,27-,28?,29-,31-,32-,33+,34-/m0/s1. The van der Waals surface area contributed by atoms with Gasteiger partial charge in [-0.3, -0.25) is 14.4 Å². The van der Waals surface area contributed by atoms with Gasteiger partial charge in [0.05, 0.1) is 11.7 Å². The van der Waals surface area contributed by atoms with E-state index in [1.165, 1.54) is 20.8 Å². The maximum atomic E-state index is 12.7. The smallest absolute Gasteiger partial charge is 0.303 e. The van der Waals surface area contributed by atoms with E-state index >= 15 is 0 Å². The molecule has 1 N–H and O–H groups in total. The average molecular weight is 605 g/mol. The Morgan fingerprint density at radius 2 is 1.35 bits per heavy atom. The van der Waals surface area contributed by atoms with Crippen molar-refractivity contribution in [1.29, 1.82) is 0 Å². The van der Waals surface area contributed by atoms with Crippen LogP contribution in [0.3, 0.4) is 0 Å². The number of hydrogen-bond acceptors (Lipinski definition) is 9. The van der Waals surface area contributed by atoms with E-state index in [-0.39, 0.29) is 70.5 Å². The van der Waals surface area contributed by atoms with Gasteiger partial charge in [0.1, 0.15) is 23.9 Å². The van der Waals surface area contributed by atoms with Gasteiger partial charge in [0, 0.05) is 39.0 Å². The maximum absolute atomic E-state index is 12.7. The first kappa shape index (κ1) is 31.3. The lowest BCUT2D eigenvalue weighted by molar-refractivity contribution is -0.301. The SMILES string of the molecule is CC(=O)O[C@H]1C[C@@]2(C)C(C[C@@H]3O[C@]4(C[C@H](C)C(C)(C)O4)[C@](C)(O)[C@@H]32)C2CCC3C[C@H](OC(C)=O)[C@H](OC(C)=O)C[C@]3(C)C21. The first-order chi connectivity index (χ1) is 19.8. The predicted octanol–water partition coefficient (Wildman–Crippen LogP) is 4.95. The molecule has 6 fully saturated rings. The topological polar surface area (TPSA) is 118 Å². The van der Waals surface area contributed by atoms with Gasteiger partial charge < -0.3 is 28.8 Å². The number of ether oxygens (including phenoxy) is 5. The van der Waals surface area contributed by atoms with Crippen molar-refractivity contribution in [1.82, 2.24) is 0 Å². The highest BCUT2D eigenvalue weighted by molar-refractivity contribution is 5.67. The fourth-order valence-electron chi connectivity index (χ4n) is 11.6. The van der Waals surface area contributed by atoms with E-state index in [0.717, 1.165) is 19.3 Å². The minimum Gasteiger partial charge on any atom is -0.462 e. The Labute approximate surface area is 256 Å². The molecular formula is C34H52O9. The number of aliphatic hydroxyl groups is 1. The van der Waals surface area contributed by atoms with Gasteiger partial charge in [-0.05, 0) is 93.8 Å². The summed E-state index contributed by atoms with van der Waals surface area (Å²) in [6, 6.07) is 0. The first-order valence-electron chi connectivity index (χ1n) is 16.5. The molecule has 0 amide bonds. The number of hydrogen-bond donors (Lipinski definition) is 1. The van der Waals surface area contributed by atoms with Crippen molar-refractivity contribution in [3.63, 3.8) is 0 Å². The van der Waals surface area contributed by atoms with Crippen LogP contribution in [-0.2, 0) is 38.1 Å². The van der Waals surface area contributed by atoms with Crippen LogP contribution in [0.2, 0.25) is 0 Å². The molecule has 2 aliphatic heterocycles. The van der Waals surface area contributed by atoms with E-state index in [0.29, 0.717) is 25.7 Å². The van der Waals surface area contributed by atoms with Crippen LogP contribution in [0, 0.1) is 46.3 Å². The Balaban J connectivity index is 1.36. The van der Waals surface area contributed by atoms with E-state index in [2.05, 4.69) is 34.6 Å². The van der Waals surface area contributed by atoms with Crippen LogP contribution in [0.1, 0.15) is 107 Å². The molecule has 9 nitrogen and oxygen atoms in total. The molecule has 1 spiro atoms. The molecule has 4 unspecified atom stereocenters. The minimum atomic E-state index is -1.21. The number of carbonyl (C=O) groups excluding carboxylic acids is 3. The van der Waals surface area contributed by atoms with Crippen LogP contribution in [0.4, 0.5) is 0 Å². The lowest BCUT2D eigenvalue weighted by Gasteiger charge is -2.63. The minimum absolute atomic E-state index is 0.0454. The van der Waals surface area contributed by atoms with Crippen molar-refractivity contribution in [2.75, 3.05) is 0 Å². The Morgan fingerprint density at radius 3 is 1.93 bits per heavy atom. The van der Waals surface area contributed by atoms with E-state index in [4.69, 9.17) is 23.7 Å². The van der Waals surface area contributed by atoms with Crippen molar-refractivity contribution in [3.8, 4) is 0 Å². The summed E-state index contributed by atoms with van der Waals surface area (Å²) in [5.41, 5.74) is -2.24. The average Bonchev–Trinajstić information content (AvgIpc) is 3.35. The highest BCUT2D eigenvalue weighted by Crippen LogP contribution is 2.73. The quantitative estimate of drug-likeness (QED) is 0.353. The van der Waals surface area contributed by atoms with Gasteiger partial charge >= 0.3 is 17.9 Å². The monoisotopic (exact) mass is 604 g/mol. The molecule has 9 heteroatoms. The summed E-state index contributed by atoms with van der Waals surface area (Å²) in [7, 11) is 0. The van der Waals surface area contributed by atoms with Gasteiger partial charge in [-0.15, -0.1) is 0 Å². The molecule has 2 heterocycles. The Hall–Kier alpha value is -1.71. The molecular weight excluding hydrogens is 552 g/mol. The lowest BCUT2D eigenvalue weighted by Crippen LogP contribution is -2.64. The zero-order valence-corrected chi connectivity index (χ0v) is 27.4. The molecule has 6 rings (SSSR count). The van der Waals surface area contributed by atoms with Crippen LogP contribution < -0.4 is 0 Å². The summed E-state index contributed by atoms with van der Waals surface area (Å²) in [6.45, 7) is 17.0. The van der Waals surface area contributed by atoms with Crippen molar-refractivity contribution in [2.45, 2.75) is 149 Å². The molecule has 14 atom stereocenters. The second kappa shape index (κ2) is 9.89. The number of carbonyl (C=O) groups is 3. The van der Waals surface area contributed by atoms with Crippen LogP contribution in [0.5, 0.6) is 0 Å². The largest absolute Gasteiger partial charge is 0.462 e. The highest BCUT2D eigenvalue weighted by Gasteiger charge is 2.77. The summed E-state index contributed by atoms with van der Waals surface area (Å²) < 4.78 is 31.2. The molecule has 4 saturated carbocycles. The number of esters is 3. The molecule has 2 saturated heterocycles. The number of fused-ring (bicyclic) bond motifs is 7. The van der Waals surface area contributed by atoms with Gasteiger partial charge in [0.2, 0.25) is 0 Å². The molecule has 0 aromatic heterocycles. The molecule has 0 bridgehead atoms. The zero-order valence-electron chi connectivity index (χ0n) is 27.4. The molecule has 242 valence electrons. The van der Waals surface area contributed by atoms with Gasteiger partial charge in [0.25, 0.3) is 0 Å². The van der Waals surface area contributed by atoms with Crippen LogP contribution in [0.15, 0.2) is 0 Å². The zero-order chi connectivity index (χ0) is 31.5. The predicted molar refractivity (Wildman–Crippen MR) is 155 cm³/mol. The maximum Gasteiger partial charge on any atom is 0.303 e. The Kier molecular flexibility index (Phi) is 7.20. The first-order valence-corrected chi connectivity index (χ1v) is 16.5. The molecule has 0 aromatic carbocycles. The molecule has 43 heavy (non-hydrogen) atoms. The lowest BCUT2D eigenvalue weighted by atomic mass is 9.43. The summed E-state index contributed by atoms with van der Waals surface area (Å²) in [5, 5.41) is 12.4. The highest BCUT2D eigenvalue weighted by atomic mass is 16.7. The van der Waals surface area contributed by atoms with Crippen molar-refractivity contribution in [2.24, 2.45) is 46.3 Å². The normalized spacial score (nSPS) is 52.9. The Morgan fingerprint density at radius 1 is 0.767 bits per heavy atom. The Bertz CT molecular complexity index is 1180. The second-order valence-corrected chi connectivity index (χ2v) is 16.3. The fourth-order valence-corrected chi connectivity index (χ4v) is 11.6. The van der Waals surface area contributed by atoms with Gasteiger partial charge in [0.15, 0.2) is 5.79 Å². The van der Waals surface area contributed by atoms with Crippen molar-refractivity contribution >= 4 is 17.9 Å². The molecule has 6 aliphatic rings. The van der Waals surface area contributed by atoms with E-state index in [1.807, 2.05) is 6.92 Å². The summed E-state index contributed by atoms with van der Waals surface area (Å²) in [6.07, 6.45) is 3.62. The summed E-state index contributed by atoms with van der Waals surface area (Å²) >= 11 is 0. The second-order valence-electron chi connectivity index (χ2n) is 16.3. The molecule has 0 radical (unpaired) electrons. The van der Waals surface area contributed by atoms with Crippen molar-refractivity contribution in [3.05, 3.63) is 0 Å². The van der Waals surface area contributed by atoms with E-state index in [1.54, 1.807) is 0 Å². The fraction of sp³-hybridized carbons (Fsp3) is 0.912. The molecule has 4 aliphatic carbocycles. The van der Waals surface area contributed by atoms with Gasteiger partial charge in [-0.25, -0.2) is 0 Å². The third kappa shape index (κ3) is 4.52. The van der Waals surface area contributed by atoms with Crippen LogP contribution in [0.25, 0.3) is 0 Å². The van der Waals surface area contributed by atoms with Crippen LogP contribution in [-0.4, -0.2) is 64.4 Å². The third-order valence-electron chi connectivity index (χ3n) is 13.4. The third-order valence-corrected chi connectivity index (χ3v) is 13.4. The summed E-state index contributed by atoms with van der Waals surface area (Å²) in [5.74, 6) is -1.28. The summed E-state index contributed by atoms with van der Waals surface area (Å²) in [4.78, 5) is 36.8. The van der Waals surface area contributed by atoms with Crippen molar-refractivity contribution < 1.29 is 43.2 Å². The van der Waals surface area contributed by atoms with Gasteiger partial charge in [-0.2, -0.15) is 0 Å². The molecule has 0 aromatic rings. The van der Waals surface area contributed by atoms with E-state index < -0.39 is 35.2 Å². The van der Waals surface area contributed by atoms with E-state index in [9.17, 15) is 19.5 Å². The van der Waals surface area contributed by atoms with Gasteiger partial charge in [-0.1, -0.05) is 20.8 Å². The van der Waals surface area contributed by atoms with Crippen LogP contribution >= 0.6 is 0 Å².